The second-order valence-corrected chi connectivity index (χ2v) is 7.19. The number of non-ortho nitro benzene ring substituents is 1. The van der Waals surface area contributed by atoms with Crippen molar-refractivity contribution in [3.8, 4) is 5.75 Å². The molecular formula is C17H17N3O6S. The van der Waals surface area contributed by atoms with Crippen molar-refractivity contribution in [3.05, 3.63) is 71.3 Å². The van der Waals surface area contributed by atoms with Crippen molar-refractivity contribution in [1.82, 2.24) is 0 Å². The summed E-state index contributed by atoms with van der Waals surface area (Å²) in [6.07, 6.45) is 1.52. The largest absolute Gasteiger partial charge is 0.489 e. The van der Waals surface area contributed by atoms with Crippen LogP contribution < -0.4 is 14.8 Å². The number of nitrogens with two attached hydrogens (primary N) is 1. The number of hydrogen-bond acceptors (Lipinski definition) is 6. The standard InChI is InChI=1S/C17H17N3O6S/c1-2-9-26-15-7-3-5-13(10-15)19(12-17(18)21)27(24,25)16-8-4-6-14(11-16)20(22)23/h2-8,10-11H,1,9,12H2,(H2,18,21). The number of hydrogen-bond donors (Lipinski definition) is 1. The molecule has 2 aromatic carbocycles. The predicted molar refractivity (Wildman–Crippen MR) is 99.0 cm³/mol. The van der Waals surface area contributed by atoms with Gasteiger partial charge in [-0.3, -0.25) is 19.2 Å². The molecule has 0 aromatic heterocycles. The number of nitro benzene ring substituents is 1. The Labute approximate surface area is 155 Å². The molecule has 0 atom stereocenters. The third-order valence-corrected chi connectivity index (χ3v) is 5.16. The van der Waals surface area contributed by atoms with Crippen LogP contribution in [0.4, 0.5) is 11.4 Å². The quantitative estimate of drug-likeness (QED) is 0.394. The summed E-state index contributed by atoms with van der Waals surface area (Å²) in [6, 6.07) is 10.6. The molecule has 0 saturated carbocycles. The summed E-state index contributed by atoms with van der Waals surface area (Å²) in [4.78, 5) is 21.4. The molecule has 0 fully saturated rings. The van der Waals surface area contributed by atoms with Crippen LogP contribution in [0.2, 0.25) is 0 Å². The van der Waals surface area contributed by atoms with Crippen LogP contribution in [0.15, 0.2) is 66.1 Å². The van der Waals surface area contributed by atoms with Crippen LogP contribution in [0.25, 0.3) is 0 Å². The average Bonchev–Trinajstić information content (AvgIpc) is 2.64. The van der Waals surface area contributed by atoms with E-state index in [0.29, 0.717) is 5.75 Å². The second-order valence-electron chi connectivity index (χ2n) is 5.33. The zero-order chi connectivity index (χ0) is 20.0. The maximum atomic E-state index is 13.0. The minimum absolute atomic E-state index is 0.127. The Kier molecular flexibility index (Phi) is 6.14. The van der Waals surface area contributed by atoms with Gasteiger partial charge in [0.1, 0.15) is 18.9 Å². The molecule has 0 radical (unpaired) electrons. The number of benzene rings is 2. The van der Waals surface area contributed by atoms with Crippen LogP contribution in [0.5, 0.6) is 5.75 Å². The second kappa shape index (κ2) is 8.32. The topological polar surface area (TPSA) is 133 Å². The van der Waals surface area contributed by atoms with Gasteiger partial charge in [-0.15, -0.1) is 0 Å². The normalized spacial score (nSPS) is 10.8. The van der Waals surface area contributed by atoms with Gasteiger partial charge in [0, 0.05) is 18.2 Å². The third-order valence-electron chi connectivity index (χ3n) is 3.39. The van der Waals surface area contributed by atoms with E-state index in [9.17, 15) is 23.3 Å². The maximum absolute atomic E-state index is 13.0. The first-order valence-electron chi connectivity index (χ1n) is 7.65. The first-order valence-corrected chi connectivity index (χ1v) is 9.09. The van der Waals surface area contributed by atoms with E-state index < -0.39 is 33.1 Å². The number of amides is 1. The SMILES string of the molecule is C=CCOc1cccc(N(CC(N)=O)S(=O)(=O)c2cccc([N+](=O)[O-])c2)c1. The van der Waals surface area contributed by atoms with Crippen molar-refractivity contribution in [1.29, 1.82) is 0 Å². The molecule has 0 unspecified atom stereocenters. The van der Waals surface area contributed by atoms with Crippen molar-refractivity contribution in [3.63, 3.8) is 0 Å². The number of sulfonamides is 1. The van der Waals surface area contributed by atoms with Crippen LogP contribution >= 0.6 is 0 Å². The van der Waals surface area contributed by atoms with E-state index in [2.05, 4.69) is 6.58 Å². The van der Waals surface area contributed by atoms with E-state index in [0.717, 1.165) is 10.4 Å². The molecule has 0 aliphatic rings. The van der Waals surface area contributed by atoms with Crippen LogP contribution in [-0.2, 0) is 14.8 Å². The number of nitro groups is 1. The first-order chi connectivity index (χ1) is 12.8. The molecule has 0 saturated heterocycles. The van der Waals surface area contributed by atoms with Gasteiger partial charge in [-0.25, -0.2) is 8.42 Å². The Morgan fingerprint density at radius 3 is 2.59 bits per heavy atom. The van der Waals surface area contributed by atoms with E-state index in [1.54, 1.807) is 12.1 Å². The fourth-order valence-corrected chi connectivity index (χ4v) is 3.69. The van der Waals surface area contributed by atoms with Crippen LogP contribution in [-0.4, -0.2) is 32.4 Å². The van der Waals surface area contributed by atoms with Gasteiger partial charge < -0.3 is 10.5 Å². The summed E-state index contributed by atoms with van der Waals surface area (Å²) in [5.41, 5.74) is 4.94. The van der Waals surface area contributed by atoms with Gasteiger partial charge in [0.2, 0.25) is 5.91 Å². The Morgan fingerprint density at radius 2 is 1.96 bits per heavy atom. The highest BCUT2D eigenvalue weighted by molar-refractivity contribution is 7.92. The lowest BCUT2D eigenvalue weighted by atomic mass is 10.3. The number of anilines is 1. The molecule has 27 heavy (non-hydrogen) atoms. The van der Waals surface area contributed by atoms with E-state index in [4.69, 9.17) is 10.5 Å². The average molecular weight is 391 g/mol. The van der Waals surface area contributed by atoms with Crippen LogP contribution in [0, 0.1) is 10.1 Å². The Balaban J connectivity index is 2.52. The highest BCUT2D eigenvalue weighted by Gasteiger charge is 2.28. The van der Waals surface area contributed by atoms with Crippen molar-refractivity contribution >= 4 is 27.3 Å². The highest BCUT2D eigenvalue weighted by Crippen LogP contribution is 2.28. The molecule has 0 spiro atoms. The van der Waals surface area contributed by atoms with Gasteiger partial charge in [0.05, 0.1) is 15.5 Å². The summed E-state index contributed by atoms with van der Waals surface area (Å²) in [5, 5.41) is 10.9. The number of rotatable bonds is 9. The molecule has 10 heteroatoms. The van der Waals surface area contributed by atoms with Crippen LogP contribution in [0.3, 0.4) is 0 Å². The highest BCUT2D eigenvalue weighted by atomic mass is 32.2. The molecule has 2 aromatic rings. The predicted octanol–water partition coefficient (Wildman–Crippen LogP) is 1.84. The smallest absolute Gasteiger partial charge is 0.270 e. The van der Waals surface area contributed by atoms with Crippen molar-refractivity contribution in [2.45, 2.75) is 4.90 Å². The van der Waals surface area contributed by atoms with Gasteiger partial charge in [0.15, 0.2) is 0 Å². The molecule has 142 valence electrons. The fourth-order valence-electron chi connectivity index (χ4n) is 2.22. The van der Waals surface area contributed by atoms with Gasteiger partial charge in [-0.2, -0.15) is 0 Å². The summed E-state index contributed by atoms with van der Waals surface area (Å²) < 4.78 is 32.2. The molecular weight excluding hydrogens is 374 g/mol. The zero-order valence-electron chi connectivity index (χ0n) is 14.1. The summed E-state index contributed by atoms with van der Waals surface area (Å²) in [5.74, 6) is -0.530. The van der Waals surface area contributed by atoms with E-state index in [1.807, 2.05) is 0 Å². The monoisotopic (exact) mass is 391 g/mol. The molecule has 1 amide bonds. The lowest BCUT2D eigenvalue weighted by Crippen LogP contribution is -2.38. The van der Waals surface area contributed by atoms with Crippen LogP contribution in [0.1, 0.15) is 0 Å². The van der Waals surface area contributed by atoms with Crippen molar-refractivity contribution in [2.75, 3.05) is 17.5 Å². The Bertz CT molecular complexity index is 974. The zero-order valence-corrected chi connectivity index (χ0v) is 15.0. The molecule has 2 rings (SSSR count). The lowest BCUT2D eigenvalue weighted by molar-refractivity contribution is -0.385. The number of carbonyl (C=O) groups excluding carboxylic acids is 1. The summed E-state index contributed by atoms with van der Waals surface area (Å²) >= 11 is 0. The molecule has 9 nitrogen and oxygen atoms in total. The fraction of sp³-hybridized carbons (Fsp3) is 0.118. The Morgan fingerprint density at radius 1 is 1.26 bits per heavy atom. The van der Waals surface area contributed by atoms with Crippen molar-refractivity contribution < 1.29 is 22.9 Å². The number of nitrogens with zero attached hydrogens (tertiary/aromatic N) is 2. The minimum Gasteiger partial charge on any atom is -0.489 e. The summed E-state index contributed by atoms with van der Waals surface area (Å²) in [7, 11) is -4.29. The third kappa shape index (κ3) is 4.82. The van der Waals surface area contributed by atoms with Gasteiger partial charge in [-0.05, 0) is 18.2 Å². The lowest BCUT2D eigenvalue weighted by Gasteiger charge is -2.23. The molecule has 2 N–H and O–H groups in total. The Hall–Kier alpha value is -3.40. The first kappa shape index (κ1) is 19.9. The number of primary amides is 1. The molecule has 0 aliphatic carbocycles. The van der Waals surface area contributed by atoms with E-state index in [1.165, 1.54) is 36.4 Å². The minimum atomic E-state index is -4.29. The number of carbonyl (C=O) groups is 1. The summed E-state index contributed by atoms with van der Waals surface area (Å²) in [6.45, 7) is 3.09. The molecule has 0 bridgehead atoms. The number of ether oxygens (including phenoxy) is 1. The van der Waals surface area contributed by atoms with E-state index >= 15 is 0 Å². The molecule has 0 aliphatic heterocycles. The van der Waals surface area contributed by atoms with E-state index in [-0.39, 0.29) is 17.2 Å². The van der Waals surface area contributed by atoms with Crippen molar-refractivity contribution in [2.24, 2.45) is 5.73 Å². The van der Waals surface area contributed by atoms with Gasteiger partial charge >= 0.3 is 0 Å². The van der Waals surface area contributed by atoms with Gasteiger partial charge in [0.25, 0.3) is 15.7 Å². The maximum Gasteiger partial charge on any atom is 0.270 e. The molecule has 0 heterocycles. The van der Waals surface area contributed by atoms with Gasteiger partial charge in [-0.1, -0.05) is 24.8 Å².